The number of hydrogen-bond donors (Lipinski definition) is 3. The van der Waals surface area contributed by atoms with Crippen LogP contribution in [0.1, 0.15) is 19.9 Å². The molecule has 0 saturated carbocycles. The van der Waals surface area contributed by atoms with Crippen LogP contribution >= 0.6 is 0 Å². The highest BCUT2D eigenvalue weighted by Gasteiger charge is 2.23. The number of nitrogens with one attached hydrogen (secondary N) is 3. The molecule has 0 spiro atoms. The molecule has 0 radical (unpaired) electrons. The smallest absolute Gasteiger partial charge is 0.298 e. The summed E-state index contributed by atoms with van der Waals surface area (Å²) < 4.78 is 8.15. The standard InChI is InChI=1S/C19H21N9O/c1-11(2)28-15-5-17(22-10-14(15)25-19(28)29-13-8-20-9-13)26-16-3-4-21-18(27-16)12-6-23-24-7-12/h3-7,10-11,13,20H,8-9H2,1-2H3,(H,23,24)(H,21,22,26,27). The average molecular weight is 391 g/mol. The van der Waals surface area contributed by atoms with E-state index in [1.54, 1.807) is 30.9 Å². The Morgan fingerprint density at radius 1 is 1.17 bits per heavy atom. The van der Waals surface area contributed by atoms with Gasteiger partial charge >= 0.3 is 0 Å². The Labute approximate surface area is 166 Å². The highest BCUT2D eigenvalue weighted by Crippen LogP contribution is 2.29. The fourth-order valence-electron chi connectivity index (χ4n) is 3.19. The molecule has 4 aromatic heterocycles. The number of H-pyrrole nitrogens is 1. The van der Waals surface area contributed by atoms with Crippen LogP contribution in [0, 0.1) is 0 Å². The lowest BCUT2D eigenvalue weighted by atomic mass is 10.2. The van der Waals surface area contributed by atoms with Gasteiger partial charge in [-0.05, 0) is 19.9 Å². The van der Waals surface area contributed by atoms with Crippen LogP contribution < -0.4 is 15.4 Å². The molecule has 10 nitrogen and oxygen atoms in total. The lowest BCUT2D eigenvalue weighted by Crippen LogP contribution is -2.50. The van der Waals surface area contributed by atoms with Crippen molar-refractivity contribution in [3.63, 3.8) is 0 Å². The van der Waals surface area contributed by atoms with Gasteiger partial charge in [-0.15, -0.1) is 0 Å². The highest BCUT2D eigenvalue weighted by molar-refractivity contribution is 5.79. The molecular weight excluding hydrogens is 370 g/mol. The minimum atomic E-state index is 0.164. The zero-order chi connectivity index (χ0) is 19.8. The molecule has 10 heteroatoms. The summed E-state index contributed by atoms with van der Waals surface area (Å²) >= 11 is 0. The molecule has 1 fully saturated rings. The number of pyridine rings is 1. The maximum atomic E-state index is 6.05. The van der Waals surface area contributed by atoms with E-state index < -0.39 is 0 Å². The third kappa shape index (κ3) is 3.38. The van der Waals surface area contributed by atoms with Crippen molar-refractivity contribution in [1.82, 2.24) is 40.0 Å². The summed E-state index contributed by atoms with van der Waals surface area (Å²) in [5.74, 6) is 1.91. The minimum absolute atomic E-state index is 0.164. The van der Waals surface area contributed by atoms with E-state index in [1.807, 2.05) is 6.07 Å². The molecule has 0 amide bonds. The summed E-state index contributed by atoms with van der Waals surface area (Å²) in [5.41, 5.74) is 2.58. The number of aromatic nitrogens is 7. The molecule has 1 aliphatic rings. The molecule has 5 heterocycles. The summed E-state index contributed by atoms with van der Waals surface area (Å²) in [6.45, 7) is 5.92. The van der Waals surface area contributed by atoms with Crippen LogP contribution in [-0.2, 0) is 0 Å². The maximum absolute atomic E-state index is 6.05. The van der Waals surface area contributed by atoms with E-state index in [1.165, 1.54) is 0 Å². The highest BCUT2D eigenvalue weighted by atomic mass is 16.5. The number of rotatable bonds is 6. The lowest BCUT2D eigenvalue weighted by Gasteiger charge is -2.27. The van der Waals surface area contributed by atoms with E-state index >= 15 is 0 Å². The van der Waals surface area contributed by atoms with Crippen molar-refractivity contribution in [3.8, 4) is 17.4 Å². The van der Waals surface area contributed by atoms with Gasteiger partial charge in [0.15, 0.2) is 5.82 Å². The third-order valence-electron chi connectivity index (χ3n) is 4.74. The Balaban J connectivity index is 1.46. The van der Waals surface area contributed by atoms with E-state index in [-0.39, 0.29) is 12.1 Å². The number of hydrogen-bond acceptors (Lipinski definition) is 8. The van der Waals surface area contributed by atoms with Crippen molar-refractivity contribution in [3.05, 3.63) is 36.9 Å². The molecule has 0 atom stereocenters. The van der Waals surface area contributed by atoms with Gasteiger partial charge < -0.3 is 15.4 Å². The predicted molar refractivity (Wildman–Crippen MR) is 108 cm³/mol. The molecule has 4 aromatic rings. The van der Waals surface area contributed by atoms with Crippen LogP contribution in [0.5, 0.6) is 6.01 Å². The van der Waals surface area contributed by atoms with Crippen molar-refractivity contribution in [2.75, 3.05) is 18.4 Å². The van der Waals surface area contributed by atoms with E-state index in [9.17, 15) is 0 Å². The van der Waals surface area contributed by atoms with Gasteiger partial charge in [0.05, 0.1) is 23.5 Å². The van der Waals surface area contributed by atoms with Gasteiger partial charge in [0.25, 0.3) is 6.01 Å². The summed E-state index contributed by atoms with van der Waals surface area (Å²) in [4.78, 5) is 17.9. The third-order valence-corrected chi connectivity index (χ3v) is 4.74. The number of anilines is 2. The molecule has 5 rings (SSSR count). The molecule has 1 aliphatic heterocycles. The average Bonchev–Trinajstić information content (AvgIpc) is 3.32. The van der Waals surface area contributed by atoms with Gasteiger partial charge in [0.2, 0.25) is 0 Å². The number of ether oxygens (including phenoxy) is 1. The lowest BCUT2D eigenvalue weighted by molar-refractivity contribution is 0.123. The second-order valence-corrected chi connectivity index (χ2v) is 7.19. The Morgan fingerprint density at radius 2 is 2.07 bits per heavy atom. The van der Waals surface area contributed by atoms with Gasteiger partial charge in [0, 0.05) is 37.6 Å². The van der Waals surface area contributed by atoms with Crippen LogP contribution in [0.4, 0.5) is 11.6 Å². The Morgan fingerprint density at radius 3 is 2.79 bits per heavy atom. The zero-order valence-electron chi connectivity index (χ0n) is 16.1. The Kier molecular flexibility index (Phi) is 4.32. The van der Waals surface area contributed by atoms with Crippen molar-refractivity contribution < 1.29 is 4.74 Å². The first-order valence-corrected chi connectivity index (χ1v) is 9.52. The van der Waals surface area contributed by atoms with Crippen LogP contribution in [0.3, 0.4) is 0 Å². The summed E-state index contributed by atoms with van der Waals surface area (Å²) in [6, 6.07) is 4.59. The van der Waals surface area contributed by atoms with Crippen LogP contribution in [0.15, 0.2) is 36.9 Å². The monoisotopic (exact) mass is 391 g/mol. The molecule has 0 aromatic carbocycles. The van der Waals surface area contributed by atoms with Crippen LogP contribution in [0.2, 0.25) is 0 Å². The largest absolute Gasteiger partial charge is 0.459 e. The molecule has 148 valence electrons. The molecule has 0 unspecified atom stereocenters. The Bertz CT molecular complexity index is 1130. The predicted octanol–water partition coefficient (Wildman–Crippen LogP) is 2.29. The van der Waals surface area contributed by atoms with Gasteiger partial charge in [-0.25, -0.2) is 15.0 Å². The molecular formula is C19H21N9O. The van der Waals surface area contributed by atoms with Gasteiger partial charge in [-0.3, -0.25) is 9.67 Å². The second kappa shape index (κ2) is 7.13. The first kappa shape index (κ1) is 17.6. The second-order valence-electron chi connectivity index (χ2n) is 7.19. The molecule has 0 aliphatic carbocycles. The number of aromatic amines is 1. The summed E-state index contributed by atoms with van der Waals surface area (Å²) in [6.07, 6.45) is 7.05. The van der Waals surface area contributed by atoms with Crippen LogP contribution in [0.25, 0.3) is 22.4 Å². The fourth-order valence-corrected chi connectivity index (χ4v) is 3.19. The first-order chi connectivity index (χ1) is 14.2. The van der Waals surface area contributed by atoms with Gasteiger partial charge in [0.1, 0.15) is 23.3 Å². The van der Waals surface area contributed by atoms with Gasteiger partial charge in [-0.1, -0.05) is 0 Å². The SMILES string of the molecule is CC(C)n1c(OC2CNC2)nc2cnc(Nc3ccnc(-c4cn[nH]c4)n3)cc21. The number of imidazole rings is 1. The van der Waals surface area contributed by atoms with Crippen LogP contribution in [-0.4, -0.2) is 53.9 Å². The normalized spacial score (nSPS) is 14.3. The first-order valence-electron chi connectivity index (χ1n) is 9.52. The zero-order valence-corrected chi connectivity index (χ0v) is 16.1. The molecule has 1 saturated heterocycles. The molecule has 3 N–H and O–H groups in total. The summed E-state index contributed by atoms with van der Waals surface area (Å²) in [7, 11) is 0. The number of fused-ring (bicyclic) bond motifs is 1. The van der Waals surface area contributed by atoms with E-state index in [4.69, 9.17) is 4.74 Å². The van der Waals surface area contributed by atoms with E-state index in [2.05, 4.69) is 59.2 Å². The van der Waals surface area contributed by atoms with Gasteiger partial charge in [-0.2, -0.15) is 10.1 Å². The van der Waals surface area contributed by atoms with Crippen molar-refractivity contribution in [1.29, 1.82) is 0 Å². The van der Waals surface area contributed by atoms with Crippen molar-refractivity contribution in [2.24, 2.45) is 0 Å². The van der Waals surface area contributed by atoms with E-state index in [0.717, 1.165) is 29.7 Å². The molecule has 0 bridgehead atoms. The topological polar surface area (TPSA) is 118 Å². The molecule has 29 heavy (non-hydrogen) atoms. The minimum Gasteiger partial charge on any atom is -0.459 e. The van der Waals surface area contributed by atoms with E-state index in [0.29, 0.717) is 23.5 Å². The quantitative estimate of drug-likeness (QED) is 0.458. The fraction of sp³-hybridized carbons (Fsp3) is 0.316. The van der Waals surface area contributed by atoms with Crippen molar-refractivity contribution >= 4 is 22.7 Å². The van der Waals surface area contributed by atoms with Crippen molar-refractivity contribution in [2.45, 2.75) is 26.0 Å². The summed E-state index contributed by atoms with van der Waals surface area (Å²) in [5, 5.41) is 13.2. The Hall–Kier alpha value is -3.53. The maximum Gasteiger partial charge on any atom is 0.298 e. The number of nitrogens with zero attached hydrogens (tertiary/aromatic N) is 6.